The summed E-state index contributed by atoms with van der Waals surface area (Å²) in [7, 11) is 0. The molecule has 3 aromatic rings. The van der Waals surface area contributed by atoms with E-state index in [2.05, 4.69) is 22.2 Å². The summed E-state index contributed by atoms with van der Waals surface area (Å²) in [5.41, 5.74) is 3.18. The number of hydrogen-bond donors (Lipinski definition) is 2. The van der Waals surface area contributed by atoms with Crippen LogP contribution in [0.1, 0.15) is 48.0 Å². The van der Waals surface area contributed by atoms with Gasteiger partial charge in [0, 0.05) is 9.90 Å². The van der Waals surface area contributed by atoms with Crippen LogP contribution in [0.25, 0.3) is 11.0 Å². The predicted octanol–water partition coefficient (Wildman–Crippen LogP) is 5.70. The van der Waals surface area contributed by atoms with E-state index < -0.39 is 0 Å². The van der Waals surface area contributed by atoms with Crippen molar-refractivity contribution in [3.63, 3.8) is 0 Å². The SMILES string of the molecule is CC1CCc2c(sc(NC(=O)CSc3nc4ccc(Cl)cc4[nH]3)c2C(=O)OC(C)C)C1. The molecule has 0 spiro atoms. The number of amides is 1. The Hall–Kier alpha value is -2.03. The largest absolute Gasteiger partial charge is 0.459 e. The summed E-state index contributed by atoms with van der Waals surface area (Å²) >= 11 is 8.82. The molecular formula is C22H24ClN3O3S2. The number of rotatable bonds is 6. The Bertz CT molecular complexity index is 1140. The van der Waals surface area contributed by atoms with E-state index in [1.165, 1.54) is 28.0 Å². The number of hydrogen-bond acceptors (Lipinski definition) is 6. The van der Waals surface area contributed by atoms with E-state index in [0.717, 1.165) is 35.9 Å². The van der Waals surface area contributed by atoms with Gasteiger partial charge in [-0.05, 0) is 62.8 Å². The average Bonchev–Trinajstić information content (AvgIpc) is 3.25. The molecule has 31 heavy (non-hydrogen) atoms. The highest BCUT2D eigenvalue weighted by atomic mass is 35.5. The van der Waals surface area contributed by atoms with Gasteiger partial charge in [-0.1, -0.05) is 30.3 Å². The number of aromatic amines is 1. The minimum Gasteiger partial charge on any atom is -0.459 e. The molecule has 0 aliphatic heterocycles. The quantitative estimate of drug-likeness (QED) is 0.351. The summed E-state index contributed by atoms with van der Waals surface area (Å²) in [5.74, 6) is 0.194. The molecule has 1 unspecified atom stereocenters. The highest BCUT2D eigenvalue weighted by Gasteiger charge is 2.29. The fourth-order valence-electron chi connectivity index (χ4n) is 3.65. The van der Waals surface area contributed by atoms with E-state index in [-0.39, 0.29) is 23.7 Å². The number of carbonyl (C=O) groups is 2. The lowest BCUT2D eigenvalue weighted by Gasteiger charge is -2.18. The van der Waals surface area contributed by atoms with Gasteiger partial charge >= 0.3 is 5.97 Å². The molecule has 164 valence electrons. The monoisotopic (exact) mass is 477 g/mol. The zero-order valence-corrected chi connectivity index (χ0v) is 20.0. The lowest BCUT2D eigenvalue weighted by Crippen LogP contribution is -2.19. The number of benzene rings is 1. The van der Waals surface area contributed by atoms with Crippen molar-refractivity contribution in [3.8, 4) is 0 Å². The second-order valence-electron chi connectivity index (χ2n) is 8.05. The molecule has 2 aromatic heterocycles. The van der Waals surface area contributed by atoms with Crippen molar-refractivity contribution in [3.05, 3.63) is 39.2 Å². The summed E-state index contributed by atoms with van der Waals surface area (Å²) in [5, 5.41) is 4.81. The van der Waals surface area contributed by atoms with Gasteiger partial charge in [0.2, 0.25) is 5.91 Å². The van der Waals surface area contributed by atoms with Crippen molar-refractivity contribution in [2.24, 2.45) is 5.92 Å². The Morgan fingerprint density at radius 3 is 3.00 bits per heavy atom. The number of halogens is 1. The van der Waals surface area contributed by atoms with Gasteiger partial charge < -0.3 is 15.0 Å². The third-order valence-corrected chi connectivity index (χ3v) is 7.35. The number of nitrogens with one attached hydrogen (secondary N) is 2. The minimum atomic E-state index is -0.362. The van der Waals surface area contributed by atoms with Crippen LogP contribution in [0.5, 0.6) is 0 Å². The van der Waals surface area contributed by atoms with Gasteiger partial charge in [0.1, 0.15) is 5.00 Å². The standard InChI is InChI=1S/C22H24ClN3O3S2/c1-11(2)29-21(28)19-14-6-4-12(3)8-17(14)31-20(19)26-18(27)10-30-22-24-15-7-5-13(23)9-16(15)25-22/h5,7,9,11-12H,4,6,8,10H2,1-3H3,(H,24,25)(H,26,27). The zero-order valence-electron chi connectivity index (χ0n) is 17.6. The third-order valence-electron chi connectivity index (χ3n) is 5.07. The fourth-order valence-corrected chi connectivity index (χ4v) is 5.92. The van der Waals surface area contributed by atoms with Gasteiger partial charge in [-0.3, -0.25) is 4.79 Å². The Labute approximate surface area is 194 Å². The molecule has 6 nitrogen and oxygen atoms in total. The van der Waals surface area contributed by atoms with Crippen LogP contribution < -0.4 is 5.32 Å². The molecule has 0 radical (unpaired) electrons. The Balaban J connectivity index is 1.49. The molecule has 0 fully saturated rings. The average molecular weight is 478 g/mol. The second kappa shape index (κ2) is 9.22. The topological polar surface area (TPSA) is 84.1 Å². The molecule has 1 atom stereocenters. The molecule has 1 aromatic carbocycles. The van der Waals surface area contributed by atoms with Crippen LogP contribution in [0.4, 0.5) is 5.00 Å². The molecule has 1 aliphatic carbocycles. The van der Waals surface area contributed by atoms with Crippen LogP contribution in [0.2, 0.25) is 5.02 Å². The molecule has 0 saturated heterocycles. The number of carbonyl (C=O) groups excluding carboxylic acids is 2. The van der Waals surface area contributed by atoms with E-state index >= 15 is 0 Å². The Morgan fingerprint density at radius 1 is 1.42 bits per heavy atom. The molecule has 4 rings (SSSR count). The first-order chi connectivity index (χ1) is 14.8. The first-order valence-corrected chi connectivity index (χ1v) is 12.4. The number of esters is 1. The van der Waals surface area contributed by atoms with Crippen molar-refractivity contribution >= 4 is 62.6 Å². The molecular weight excluding hydrogens is 454 g/mol. The van der Waals surface area contributed by atoms with Crippen LogP contribution in [0.3, 0.4) is 0 Å². The molecule has 1 amide bonds. The summed E-state index contributed by atoms with van der Waals surface area (Å²) in [6.45, 7) is 5.87. The van der Waals surface area contributed by atoms with Gasteiger partial charge in [0.15, 0.2) is 5.16 Å². The fraction of sp³-hybridized carbons (Fsp3) is 0.409. The normalized spacial score (nSPS) is 15.8. The summed E-state index contributed by atoms with van der Waals surface area (Å²) in [4.78, 5) is 34.3. The van der Waals surface area contributed by atoms with Crippen molar-refractivity contribution in [1.82, 2.24) is 9.97 Å². The van der Waals surface area contributed by atoms with E-state index in [1.807, 2.05) is 19.9 Å². The van der Waals surface area contributed by atoms with Gasteiger partial charge in [0.05, 0.1) is 28.5 Å². The molecule has 9 heteroatoms. The maximum Gasteiger partial charge on any atom is 0.341 e. The Kier molecular flexibility index (Phi) is 6.60. The van der Waals surface area contributed by atoms with Gasteiger partial charge in [-0.15, -0.1) is 11.3 Å². The van der Waals surface area contributed by atoms with E-state index in [4.69, 9.17) is 16.3 Å². The lowest BCUT2D eigenvalue weighted by atomic mass is 9.88. The van der Waals surface area contributed by atoms with E-state index in [0.29, 0.717) is 26.7 Å². The number of ether oxygens (including phenoxy) is 1. The molecule has 2 heterocycles. The highest BCUT2D eigenvalue weighted by Crippen LogP contribution is 2.40. The Morgan fingerprint density at radius 2 is 2.23 bits per heavy atom. The van der Waals surface area contributed by atoms with Crippen LogP contribution >= 0.6 is 34.7 Å². The van der Waals surface area contributed by atoms with Crippen molar-refractivity contribution in [1.29, 1.82) is 0 Å². The van der Waals surface area contributed by atoms with E-state index in [9.17, 15) is 9.59 Å². The highest BCUT2D eigenvalue weighted by molar-refractivity contribution is 7.99. The van der Waals surface area contributed by atoms with Gasteiger partial charge in [-0.2, -0.15) is 0 Å². The van der Waals surface area contributed by atoms with Crippen LogP contribution in [0, 0.1) is 5.92 Å². The van der Waals surface area contributed by atoms with Gasteiger partial charge in [0.25, 0.3) is 0 Å². The summed E-state index contributed by atoms with van der Waals surface area (Å²) in [6.07, 6.45) is 2.58. The maximum absolute atomic E-state index is 12.8. The lowest BCUT2D eigenvalue weighted by molar-refractivity contribution is -0.113. The number of H-pyrrole nitrogens is 1. The summed E-state index contributed by atoms with van der Waals surface area (Å²) in [6, 6.07) is 5.42. The number of nitrogens with zero attached hydrogens (tertiary/aromatic N) is 1. The predicted molar refractivity (Wildman–Crippen MR) is 127 cm³/mol. The van der Waals surface area contributed by atoms with Crippen LogP contribution in [0.15, 0.2) is 23.4 Å². The van der Waals surface area contributed by atoms with Crippen LogP contribution in [-0.2, 0) is 22.4 Å². The number of thioether (sulfide) groups is 1. The first-order valence-electron chi connectivity index (χ1n) is 10.2. The maximum atomic E-state index is 12.8. The molecule has 2 N–H and O–H groups in total. The van der Waals surface area contributed by atoms with Crippen LogP contribution in [-0.4, -0.2) is 33.7 Å². The number of aromatic nitrogens is 2. The smallest absolute Gasteiger partial charge is 0.341 e. The van der Waals surface area contributed by atoms with Crippen molar-refractivity contribution in [2.45, 2.75) is 51.3 Å². The summed E-state index contributed by atoms with van der Waals surface area (Å²) < 4.78 is 5.47. The first kappa shape index (κ1) is 22.2. The number of imidazole rings is 1. The van der Waals surface area contributed by atoms with Crippen molar-refractivity contribution < 1.29 is 14.3 Å². The molecule has 1 aliphatic rings. The number of fused-ring (bicyclic) bond motifs is 2. The van der Waals surface area contributed by atoms with Crippen molar-refractivity contribution in [2.75, 3.05) is 11.1 Å². The van der Waals surface area contributed by atoms with E-state index in [1.54, 1.807) is 12.1 Å². The number of thiophene rings is 1. The number of anilines is 1. The third kappa shape index (κ3) is 5.07. The van der Waals surface area contributed by atoms with Gasteiger partial charge in [-0.25, -0.2) is 9.78 Å². The minimum absolute atomic E-state index is 0.172. The zero-order chi connectivity index (χ0) is 22.1. The molecule has 0 saturated carbocycles. The second-order valence-corrected chi connectivity index (χ2v) is 10.6. The molecule has 0 bridgehead atoms.